The molecule has 28 heavy (non-hydrogen) atoms. The first-order valence-electron chi connectivity index (χ1n) is 8.58. The molecule has 0 bridgehead atoms. The summed E-state index contributed by atoms with van der Waals surface area (Å²) in [6, 6.07) is 5.75. The minimum absolute atomic E-state index is 0.0930. The molecule has 1 aliphatic heterocycles. The summed E-state index contributed by atoms with van der Waals surface area (Å²) >= 11 is 0. The van der Waals surface area contributed by atoms with E-state index in [1.165, 1.54) is 18.2 Å². The molecule has 0 amide bonds. The van der Waals surface area contributed by atoms with Crippen LogP contribution in [0.1, 0.15) is 48.2 Å². The van der Waals surface area contributed by atoms with Crippen LogP contribution in [-0.2, 0) is 18.0 Å². The van der Waals surface area contributed by atoms with Crippen LogP contribution in [0, 0.1) is 0 Å². The first-order valence-corrected chi connectivity index (χ1v) is 8.58. The van der Waals surface area contributed by atoms with Gasteiger partial charge < -0.3 is 10.4 Å². The van der Waals surface area contributed by atoms with E-state index in [-0.39, 0.29) is 18.9 Å². The summed E-state index contributed by atoms with van der Waals surface area (Å²) in [7, 11) is 0. The Kier molecular flexibility index (Phi) is 5.18. The fourth-order valence-electron chi connectivity index (χ4n) is 3.59. The quantitative estimate of drug-likeness (QED) is 0.706. The normalized spacial score (nSPS) is 26.3. The van der Waals surface area contributed by atoms with Gasteiger partial charge in [-0.15, -0.1) is 0 Å². The zero-order chi connectivity index (χ0) is 20.7. The van der Waals surface area contributed by atoms with E-state index in [2.05, 4.69) is 10.3 Å². The molecule has 3 rings (SSSR count). The SMILES string of the molecule is C[C@H]1CC(O)(c2ccc(C(F)(F)F)cc2)C[C@@H](c2ccc(C(F)(F)F)nc2)N1. The molecule has 1 aromatic heterocycles. The van der Waals surface area contributed by atoms with Gasteiger partial charge in [-0.25, -0.2) is 0 Å². The third-order valence-corrected chi connectivity index (χ3v) is 4.90. The lowest BCUT2D eigenvalue weighted by Gasteiger charge is -2.41. The molecule has 1 aliphatic rings. The molecule has 1 unspecified atom stereocenters. The fourth-order valence-corrected chi connectivity index (χ4v) is 3.59. The number of nitrogens with zero attached hydrogens (tertiary/aromatic N) is 1. The third-order valence-electron chi connectivity index (χ3n) is 4.90. The van der Waals surface area contributed by atoms with Crippen LogP contribution in [0.25, 0.3) is 0 Å². The molecule has 1 fully saturated rings. The minimum atomic E-state index is -4.55. The van der Waals surface area contributed by atoms with Crippen molar-refractivity contribution in [1.82, 2.24) is 10.3 Å². The Morgan fingerprint density at radius 1 is 0.964 bits per heavy atom. The molecule has 3 nitrogen and oxygen atoms in total. The second-order valence-corrected chi connectivity index (χ2v) is 7.11. The van der Waals surface area contributed by atoms with Crippen LogP contribution >= 0.6 is 0 Å². The lowest BCUT2D eigenvalue weighted by molar-refractivity contribution is -0.141. The summed E-state index contributed by atoms with van der Waals surface area (Å²) < 4.78 is 76.3. The first-order chi connectivity index (χ1) is 12.9. The standard InChI is InChI=1S/C19H18F6N2O/c1-11-8-17(28,13-3-5-14(6-4-13)18(20,21)22)9-15(27-11)12-2-7-16(26-10-12)19(23,24)25/h2-7,10-11,15,27-28H,8-9H2,1H3/t11-,15-,17?/m0/s1. The number of halogens is 6. The molecule has 3 atom stereocenters. The van der Waals surface area contributed by atoms with Gasteiger partial charge in [0.1, 0.15) is 5.69 Å². The highest BCUT2D eigenvalue weighted by Gasteiger charge is 2.40. The van der Waals surface area contributed by atoms with Gasteiger partial charge in [-0.2, -0.15) is 26.3 Å². The van der Waals surface area contributed by atoms with Gasteiger partial charge in [0.05, 0.1) is 11.2 Å². The van der Waals surface area contributed by atoms with Gasteiger partial charge >= 0.3 is 12.4 Å². The van der Waals surface area contributed by atoms with Crippen LogP contribution in [0.15, 0.2) is 42.6 Å². The summed E-state index contributed by atoms with van der Waals surface area (Å²) in [5, 5.41) is 14.3. The number of benzene rings is 1. The maximum Gasteiger partial charge on any atom is 0.433 e. The van der Waals surface area contributed by atoms with Crippen molar-refractivity contribution >= 4 is 0 Å². The van der Waals surface area contributed by atoms with E-state index >= 15 is 0 Å². The van der Waals surface area contributed by atoms with Crippen molar-refractivity contribution in [2.24, 2.45) is 0 Å². The van der Waals surface area contributed by atoms with E-state index in [1.54, 1.807) is 6.92 Å². The van der Waals surface area contributed by atoms with E-state index in [0.717, 1.165) is 24.4 Å². The van der Waals surface area contributed by atoms with Gasteiger partial charge in [0.2, 0.25) is 0 Å². The lowest BCUT2D eigenvalue weighted by atomic mass is 9.77. The monoisotopic (exact) mass is 404 g/mol. The molecule has 9 heteroatoms. The van der Waals surface area contributed by atoms with Gasteiger partial charge in [0.25, 0.3) is 0 Å². The number of alkyl halides is 6. The van der Waals surface area contributed by atoms with Crippen LogP contribution in [0.3, 0.4) is 0 Å². The van der Waals surface area contributed by atoms with Crippen molar-refractivity contribution in [3.8, 4) is 0 Å². The average molecular weight is 404 g/mol. The van der Waals surface area contributed by atoms with E-state index in [1.807, 2.05) is 0 Å². The number of aromatic nitrogens is 1. The Bertz CT molecular complexity index is 816. The molecule has 1 aromatic carbocycles. The third kappa shape index (κ3) is 4.30. The smallest absolute Gasteiger partial charge is 0.385 e. The Morgan fingerprint density at radius 3 is 2.11 bits per heavy atom. The van der Waals surface area contributed by atoms with Crippen LogP contribution in [0.5, 0.6) is 0 Å². The topological polar surface area (TPSA) is 45.2 Å². The van der Waals surface area contributed by atoms with Gasteiger partial charge in [0, 0.05) is 18.3 Å². The molecule has 0 spiro atoms. The largest absolute Gasteiger partial charge is 0.433 e. The molecule has 1 saturated heterocycles. The van der Waals surface area contributed by atoms with Crippen LogP contribution < -0.4 is 5.32 Å². The van der Waals surface area contributed by atoms with Crippen molar-refractivity contribution in [3.63, 3.8) is 0 Å². The number of pyridine rings is 1. The molecule has 0 saturated carbocycles. The Hall–Kier alpha value is -2.13. The molecule has 0 radical (unpaired) electrons. The fraction of sp³-hybridized carbons (Fsp3) is 0.421. The van der Waals surface area contributed by atoms with E-state index in [9.17, 15) is 31.4 Å². The highest BCUT2D eigenvalue weighted by molar-refractivity contribution is 5.31. The maximum absolute atomic E-state index is 12.8. The summed E-state index contributed by atoms with van der Waals surface area (Å²) in [4.78, 5) is 3.44. The number of aliphatic hydroxyl groups is 1. The summed E-state index contributed by atoms with van der Waals surface area (Å²) in [6.45, 7) is 1.79. The Morgan fingerprint density at radius 2 is 1.61 bits per heavy atom. The predicted molar refractivity (Wildman–Crippen MR) is 89.2 cm³/mol. The van der Waals surface area contributed by atoms with Crippen LogP contribution in [0.2, 0.25) is 0 Å². The van der Waals surface area contributed by atoms with Gasteiger partial charge in [-0.3, -0.25) is 4.98 Å². The molecular weight excluding hydrogens is 386 g/mol. The van der Waals surface area contributed by atoms with Crippen molar-refractivity contribution in [2.75, 3.05) is 0 Å². The number of nitrogens with one attached hydrogen (secondary N) is 1. The summed E-state index contributed by atoms with van der Waals surface area (Å²) in [6.07, 6.45) is -7.58. The molecule has 152 valence electrons. The zero-order valence-corrected chi connectivity index (χ0v) is 14.8. The number of piperidine rings is 1. The second-order valence-electron chi connectivity index (χ2n) is 7.11. The van der Waals surface area contributed by atoms with E-state index in [4.69, 9.17) is 0 Å². The number of hydrogen-bond donors (Lipinski definition) is 2. The first kappa shape index (κ1) is 20.6. The van der Waals surface area contributed by atoms with E-state index in [0.29, 0.717) is 11.1 Å². The number of hydrogen-bond acceptors (Lipinski definition) is 3. The predicted octanol–water partition coefficient (Wildman–Crippen LogP) is 4.82. The summed E-state index contributed by atoms with van der Waals surface area (Å²) in [5.74, 6) is 0. The molecule has 2 N–H and O–H groups in total. The number of rotatable bonds is 2. The molecule has 2 heterocycles. The second kappa shape index (κ2) is 7.04. The van der Waals surface area contributed by atoms with Gasteiger partial charge in [-0.05, 0) is 49.1 Å². The summed E-state index contributed by atoms with van der Waals surface area (Å²) in [5.41, 5.74) is -2.45. The highest BCUT2D eigenvalue weighted by atomic mass is 19.4. The highest BCUT2D eigenvalue weighted by Crippen LogP contribution is 2.41. The van der Waals surface area contributed by atoms with Crippen molar-refractivity contribution in [2.45, 2.75) is 49.8 Å². The van der Waals surface area contributed by atoms with Gasteiger partial charge in [-0.1, -0.05) is 18.2 Å². The lowest BCUT2D eigenvalue weighted by Crippen LogP contribution is -2.46. The molecule has 0 aliphatic carbocycles. The van der Waals surface area contributed by atoms with Crippen LogP contribution in [-0.4, -0.2) is 16.1 Å². The molecular formula is C19H18F6N2O. The average Bonchev–Trinajstić information content (AvgIpc) is 2.60. The Balaban J connectivity index is 1.85. The van der Waals surface area contributed by atoms with Gasteiger partial charge in [0.15, 0.2) is 0 Å². The van der Waals surface area contributed by atoms with E-state index < -0.39 is 35.3 Å². The maximum atomic E-state index is 12.8. The van der Waals surface area contributed by atoms with Crippen molar-refractivity contribution in [1.29, 1.82) is 0 Å². The van der Waals surface area contributed by atoms with Crippen molar-refractivity contribution in [3.05, 3.63) is 65.0 Å². The van der Waals surface area contributed by atoms with Crippen LogP contribution in [0.4, 0.5) is 26.3 Å². The molecule has 2 aromatic rings. The van der Waals surface area contributed by atoms with Crippen molar-refractivity contribution < 1.29 is 31.4 Å². The Labute approximate surface area is 157 Å². The minimum Gasteiger partial charge on any atom is -0.385 e. The zero-order valence-electron chi connectivity index (χ0n) is 14.8.